The first-order chi connectivity index (χ1) is 9.72. The van der Waals surface area contributed by atoms with E-state index in [9.17, 15) is 0 Å². The van der Waals surface area contributed by atoms with Crippen LogP contribution < -0.4 is 10.5 Å². The highest BCUT2D eigenvalue weighted by atomic mass is 16.5. The van der Waals surface area contributed by atoms with Crippen LogP contribution in [0.25, 0.3) is 10.9 Å². The quantitative estimate of drug-likeness (QED) is 0.788. The molecule has 0 amide bonds. The van der Waals surface area contributed by atoms with Crippen LogP contribution in [0.15, 0.2) is 42.6 Å². The molecule has 0 saturated heterocycles. The van der Waals surface area contributed by atoms with Crippen LogP contribution in [-0.2, 0) is 6.61 Å². The molecule has 0 bridgehead atoms. The number of ether oxygens (including phenoxy) is 1. The molecule has 0 radical (unpaired) electrons. The van der Waals surface area contributed by atoms with Crippen LogP contribution in [0.1, 0.15) is 11.5 Å². The lowest BCUT2D eigenvalue weighted by atomic mass is 10.2. The zero-order chi connectivity index (χ0) is 13.9. The number of anilines is 1. The van der Waals surface area contributed by atoms with E-state index in [1.807, 2.05) is 36.4 Å². The number of pyridine rings is 1. The van der Waals surface area contributed by atoms with Gasteiger partial charge in [-0.2, -0.15) is 0 Å². The minimum atomic E-state index is 0.335. The molecule has 20 heavy (non-hydrogen) atoms. The Labute approximate surface area is 116 Å². The minimum Gasteiger partial charge on any atom is -0.482 e. The summed E-state index contributed by atoms with van der Waals surface area (Å²) in [6.07, 6.45) is 1.58. The average Bonchev–Trinajstić information content (AvgIpc) is 2.46. The number of hydrogen-bond donors (Lipinski definition) is 1. The molecule has 0 aliphatic heterocycles. The molecule has 1 aromatic carbocycles. The van der Waals surface area contributed by atoms with Crippen LogP contribution in [0.3, 0.4) is 0 Å². The summed E-state index contributed by atoms with van der Waals surface area (Å²) in [4.78, 5) is 12.7. The molecule has 0 saturated carbocycles. The zero-order valence-corrected chi connectivity index (χ0v) is 11.1. The Kier molecular flexibility index (Phi) is 3.16. The van der Waals surface area contributed by atoms with E-state index in [4.69, 9.17) is 10.5 Å². The molecule has 5 heteroatoms. The van der Waals surface area contributed by atoms with Crippen molar-refractivity contribution in [3.63, 3.8) is 0 Å². The van der Waals surface area contributed by atoms with Crippen molar-refractivity contribution in [2.75, 3.05) is 5.73 Å². The number of benzene rings is 1. The molecule has 2 aromatic heterocycles. The second-order valence-electron chi connectivity index (χ2n) is 4.45. The number of para-hydroxylation sites is 1. The Morgan fingerprint density at radius 3 is 2.80 bits per heavy atom. The second-order valence-corrected chi connectivity index (χ2v) is 4.45. The Bertz CT molecular complexity index is 758. The van der Waals surface area contributed by atoms with E-state index < -0.39 is 0 Å². The predicted molar refractivity (Wildman–Crippen MR) is 77.3 cm³/mol. The SMILES string of the molecule is Cc1ncc(OCc2ccc3ccccc3n2)c(N)n1. The summed E-state index contributed by atoms with van der Waals surface area (Å²) in [5.41, 5.74) is 7.56. The molecule has 3 aromatic rings. The van der Waals surface area contributed by atoms with Crippen LogP contribution in [0, 0.1) is 6.92 Å². The summed E-state index contributed by atoms with van der Waals surface area (Å²) in [7, 11) is 0. The maximum absolute atomic E-state index is 5.78. The maximum Gasteiger partial charge on any atom is 0.180 e. The lowest BCUT2D eigenvalue weighted by Crippen LogP contribution is -2.03. The highest BCUT2D eigenvalue weighted by molar-refractivity contribution is 5.78. The van der Waals surface area contributed by atoms with Gasteiger partial charge >= 0.3 is 0 Å². The van der Waals surface area contributed by atoms with Crippen molar-refractivity contribution in [3.8, 4) is 5.75 Å². The summed E-state index contributed by atoms with van der Waals surface area (Å²) in [5, 5.41) is 1.11. The summed E-state index contributed by atoms with van der Waals surface area (Å²) in [6.45, 7) is 2.12. The van der Waals surface area contributed by atoms with Gasteiger partial charge in [0.2, 0.25) is 0 Å². The summed E-state index contributed by atoms with van der Waals surface area (Å²) < 4.78 is 5.61. The van der Waals surface area contributed by atoms with Crippen molar-refractivity contribution in [3.05, 3.63) is 54.1 Å². The molecule has 0 atom stereocenters. The summed E-state index contributed by atoms with van der Waals surface area (Å²) >= 11 is 0. The van der Waals surface area contributed by atoms with Crippen molar-refractivity contribution in [1.29, 1.82) is 0 Å². The first-order valence-electron chi connectivity index (χ1n) is 6.29. The van der Waals surface area contributed by atoms with Gasteiger partial charge in [0, 0.05) is 5.39 Å². The fourth-order valence-corrected chi connectivity index (χ4v) is 1.93. The topological polar surface area (TPSA) is 73.9 Å². The first kappa shape index (κ1) is 12.3. The Morgan fingerprint density at radius 2 is 1.95 bits per heavy atom. The highest BCUT2D eigenvalue weighted by Crippen LogP contribution is 2.19. The molecule has 2 N–H and O–H groups in total. The van der Waals surface area contributed by atoms with E-state index in [0.29, 0.717) is 24.0 Å². The van der Waals surface area contributed by atoms with Gasteiger partial charge < -0.3 is 10.5 Å². The van der Waals surface area contributed by atoms with Gasteiger partial charge in [0.15, 0.2) is 11.6 Å². The molecule has 0 aliphatic rings. The number of aryl methyl sites for hydroxylation is 1. The molecule has 0 spiro atoms. The normalized spacial score (nSPS) is 10.7. The molecule has 5 nitrogen and oxygen atoms in total. The van der Waals surface area contributed by atoms with Crippen LogP contribution >= 0.6 is 0 Å². The van der Waals surface area contributed by atoms with Crippen LogP contribution in [0.2, 0.25) is 0 Å². The largest absolute Gasteiger partial charge is 0.482 e. The van der Waals surface area contributed by atoms with E-state index in [1.54, 1.807) is 13.1 Å². The van der Waals surface area contributed by atoms with E-state index >= 15 is 0 Å². The molecule has 2 heterocycles. The van der Waals surface area contributed by atoms with E-state index in [0.717, 1.165) is 16.6 Å². The smallest absolute Gasteiger partial charge is 0.180 e. The Morgan fingerprint density at radius 1 is 1.10 bits per heavy atom. The zero-order valence-electron chi connectivity index (χ0n) is 11.1. The predicted octanol–water partition coefficient (Wildman–Crippen LogP) is 2.49. The standard InChI is InChI=1S/C15H14N4O/c1-10-17-8-14(15(16)18-10)20-9-12-7-6-11-4-2-3-5-13(11)19-12/h2-8H,9H2,1H3,(H2,16,17,18). The van der Waals surface area contributed by atoms with Crippen LogP contribution in [0.4, 0.5) is 5.82 Å². The van der Waals surface area contributed by atoms with Gasteiger partial charge in [0.1, 0.15) is 12.4 Å². The van der Waals surface area contributed by atoms with Gasteiger partial charge in [0.05, 0.1) is 17.4 Å². The third-order valence-corrected chi connectivity index (χ3v) is 2.93. The lowest BCUT2D eigenvalue weighted by Gasteiger charge is -2.08. The summed E-state index contributed by atoms with van der Waals surface area (Å²) in [5.74, 6) is 1.45. The van der Waals surface area contributed by atoms with Crippen molar-refractivity contribution in [2.24, 2.45) is 0 Å². The first-order valence-corrected chi connectivity index (χ1v) is 6.29. The van der Waals surface area contributed by atoms with Gasteiger partial charge in [-0.15, -0.1) is 0 Å². The van der Waals surface area contributed by atoms with E-state index in [2.05, 4.69) is 15.0 Å². The third kappa shape index (κ3) is 2.51. The number of nitrogens with zero attached hydrogens (tertiary/aromatic N) is 3. The number of aromatic nitrogens is 3. The number of fused-ring (bicyclic) bond motifs is 1. The molecular weight excluding hydrogens is 252 g/mol. The van der Waals surface area contributed by atoms with Crippen molar-refractivity contribution in [2.45, 2.75) is 13.5 Å². The van der Waals surface area contributed by atoms with Gasteiger partial charge in [-0.25, -0.2) is 15.0 Å². The maximum atomic E-state index is 5.78. The molecule has 0 unspecified atom stereocenters. The Balaban J connectivity index is 1.79. The monoisotopic (exact) mass is 266 g/mol. The number of nitrogen functional groups attached to an aromatic ring is 1. The van der Waals surface area contributed by atoms with Crippen molar-refractivity contribution < 1.29 is 4.74 Å². The minimum absolute atomic E-state index is 0.335. The average molecular weight is 266 g/mol. The van der Waals surface area contributed by atoms with Gasteiger partial charge in [-0.3, -0.25) is 0 Å². The number of hydrogen-bond acceptors (Lipinski definition) is 5. The van der Waals surface area contributed by atoms with Gasteiger partial charge in [-0.1, -0.05) is 24.3 Å². The van der Waals surface area contributed by atoms with Crippen molar-refractivity contribution in [1.82, 2.24) is 15.0 Å². The third-order valence-electron chi connectivity index (χ3n) is 2.93. The number of nitrogens with two attached hydrogens (primary N) is 1. The van der Waals surface area contributed by atoms with E-state index in [-0.39, 0.29) is 0 Å². The highest BCUT2D eigenvalue weighted by Gasteiger charge is 2.04. The second kappa shape index (κ2) is 5.13. The van der Waals surface area contributed by atoms with Crippen molar-refractivity contribution >= 4 is 16.7 Å². The molecular formula is C15H14N4O. The summed E-state index contributed by atoms with van der Waals surface area (Å²) in [6, 6.07) is 11.9. The fraction of sp³-hybridized carbons (Fsp3) is 0.133. The molecule has 3 rings (SSSR count). The lowest BCUT2D eigenvalue weighted by molar-refractivity contribution is 0.301. The van der Waals surface area contributed by atoms with Gasteiger partial charge in [-0.05, 0) is 19.1 Å². The van der Waals surface area contributed by atoms with Gasteiger partial charge in [0.25, 0.3) is 0 Å². The Hall–Kier alpha value is -2.69. The van der Waals surface area contributed by atoms with E-state index in [1.165, 1.54) is 0 Å². The fourth-order valence-electron chi connectivity index (χ4n) is 1.93. The molecule has 0 fully saturated rings. The van der Waals surface area contributed by atoms with Crippen LogP contribution in [-0.4, -0.2) is 15.0 Å². The molecule has 0 aliphatic carbocycles. The molecule has 100 valence electrons. The number of rotatable bonds is 3. The van der Waals surface area contributed by atoms with Crippen LogP contribution in [0.5, 0.6) is 5.75 Å².